The Hall–Kier alpha value is -1.07. The van der Waals surface area contributed by atoms with Gasteiger partial charge in [0.25, 0.3) is 0 Å². The average Bonchev–Trinajstić information content (AvgIpc) is 2.32. The fourth-order valence-corrected chi connectivity index (χ4v) is 1.91. The van der Waals surface area contributed by atoms with Crippen LogP contribution in [-0.2, 0) is 13.5 Å². The van der Waals surface area contributed by atoms with E-state index in [2.05, 4.69) is 43.1 Å². The van der Waals surface area contributed by atoms with Crippen molar-refractivity contribution < 1.29 is 21.8 Å². The predicted molar refractivity (Wildman–Crippen MR) is 74.9 cm³/mol. The zero-order valence-electron chi connectivity index (χ0n) is 12.3. The van der Waals surface area contributed by atoms with Crippen LogP contribution in [0.1, 0.15) is 51.0 Å². The van der Waals surface area contributed by atoms with E-state index in [1.807, 2.05) is 0 Å². The van der Waals surface area contributed by atoms with E-state index in [1.54, 1.807) is 0 Å². The number of unbranched alkanes of at least 4 members (excludes halogenated alkanes) is 5. The molecule has 0 spiro atoms. The fraction of sp³-hybridized carbons (Fsp3) is 0.643. The molecule has 0 aliphatic rings. The first-order valence-corrected chi connectivity index (χ1v) is 7.14. The van der Waals surface area contributed by atoms with Crippen LogP contribution in [0.4, 0.5) is 17.3 Å². The Morgan fingerprint density at radius 3 is 2.10 bits per heavy atom. The number of nitrogens with zero attached hydrogens (tertiary/aromatic N) is 1. The lowest BCUT2D eigenvalue weighted by molar-refractivity contribution is -0.671. The molecule has 0 unspecified atom stereocenters. The summed E-state index contributed by atoms with van der Waals surface area (Å²) in [4.78, 5) is 0. The van der Waals surface area contributed by atoms with Crippen LogP contribution < -0.4 is 4.57 Å². The summed E-state index contributed by atoms with van der Waals surface area (Å²) in [5.41, 5.74) is 1.47. The third kappa shape index (κ3) is 15.0. The van der Waals surface area contributed by atoms with E-state index >= 15 is 0 Å². The van der Waals surface area contributed by atoms with Gasteiger partial charge in [-0.15, -0.1) is 0 Å². The number of hydrogen-bond donors (Lipinski definition) is 0. The molecule has 6 heteroatoms. The highest BCUT2D eigenvalue weighted by Crippen LogP contribution is 2.08. The van der Waals surface area contributed by atoms with Gasteiger partial charge in [-0.2, -0.15) is 0 Å². The molecule has 0 aliphatic carbocycles. The highest BCUT2D eigenvalue weighted by Gasteiger charge is 2.20. The summed E-state index contributed by atoms with van der Waals surface area (Å²) in [6.45, 7) is 2.27. The number of aromatic nitrogens is 1. The third-order valence-corrected chi connectivity index (χ3v) is 2.82. The van der Waals surface area contributed by atoms with Crippen LogP contribution in [0.15, 0.2) is 24.5 Å². The van der Waals surface area contributed by atoms with Gasteiger partial charge in [-0.1, -0.05) is 39.0 Å². The maximum absolute atomic E-state index is 9.75. The van der Waals surface area contributed by atoms with E-state index in [0.717, 1.165) is 0 Å². The van der Waals surface area contributed by atoms with E-state index in [0.29, 0.717) is 0 Å². The second kappa shape index (κ2) is 10.7. The zero-order chi connectivity index (χ0) is 15.4. The molecule has 1 aromatic rings. The average molecular weight is 293 g/mol. The maximum Gasteiger partial charge on any atom is 0.673 e. The van der Waals surface area contributed by atoms with Gasteiger partial charge in [-0.05, 0) is 18.9 Å². The van der Waals surface area contributed by atoms with Crippen molar-refractivity contribution in [2.75, 3.05) is 0 Å². The Bertz CT molecular complexity index is 349. The molecule has 0 saturated heterocycles. The summed E-state index contributed by atoms with van der Waals surface area (Å²) in [6.07, 6.45) is 13.9. The van der Waals surface area contributed by atoms with E-state index in [4.69, 9.17) is 0 Å². The van der Waals surface area contributed by atoms with Gasteiger partial charge >= 0.3 is 7.25 Å². The number of aryl methyl sites for hydroxylation is 2. The van der Waals surface area contributed by atoms with Crippen molar-refractivity contribution in [3.8, 4) is 0 Å². The van der Waals surface area contributed by atoms with Gasteiger partial charge in [0.2, 0.25) is 0 Å². The van der Waals surface area contributed by atoms with Crippen molar-refractivity contribution in [2.24, 2.45) is 7.05 Å². The van der Waals surface area contributed by atoms with Gasteiger partial charge in [-0.25, -0.2) is 4.57 Å². The van der Waals surface area contributed by atoms with Crippen molar-refractivity contribution in [1.82, 2.24) is 0 Å². The molecule has 0 aliphatic heterocycles. The van der Waals surface area contributed by atoms with Crippen LogP contribution in [0.2, 0.25) is 0 Å². The molecule has 20 heavy (non-hydrogen) atoms. The summed E-state index contributed by atoms with van der Waals surface area (Å²) >= 11 is 0. The quantitative estimate of drug-likeness (QED) is 0.296. The molecule has 1 nitrogen and oxygen atoms in total. The van der Waals surface area contributed by atoms with Gasteiger partial charge in [0.15, 0.2) is 12.4 Å². The molecule has 0 amide bonds. The molecule has 0 atom stereocenters. The molecule has 0 bridgehead atoms. The highest BCUT2D eigenvalue weighted by atomic mass is 19.5. The minimum Gasteiger partial charge on any atom is -0.418 e. The second-order valence-electron chi connectivity index (χ2n) is 4.89. The predicted octanol–water partition coefficient (Wildman–Crippen LogP) is 4.71. The standard InChI is InChI=1S/C14H24N.BF4/c1-3-4-5-6-7-8-10-14-11-9-12-15(2)13-14;2-1(3,4)5/h9,11-13H,3-8,10H2,1-2H3;/q+1;-1. The summed E-state index contributed by atoms with van der Waals surface area (Å²) < 4.78 is 41.1. The smallest absolute Gasteiger partial charge is 0.418 e. The van der Waals surface area contributed by atoms with Crippen molar-refractivity contribution >= 4 is 7.25 Å². The van der Waals surface area contributed by atoms with Crippen LogP contribution in [-0.4, -0.2) is 7.25 Å². The Labute approximate surface area is 119 Å². The van der Waals surface area contributed by atoms with Crippen molar-refractivity contribution in [1.29, 1.82) is 0 Å². The van der Waals surface area contributed by atoms with E-state index in [9.17, 15) is 17.3 Å². The van der Waals surface area contributed by atoms with Crippen LogP contribution >= 0.6 is 0 Å². The largest absolute Gasteiger partial charge is 0.673 e. The van der Waals surface area contributed by atoms with Gasteiger partial charge in [0.1, 0.15) is 7.05 Å². The molecule has 1 heterocycles. The van der Waals surface area contributed by atoms with Crippen molar-refractivity contribution in [3.63, 3.8) is 0 Å². The first-order chi connectivity index (χ1) is 9.33. The van der Waals surface area contributed by atoms with E-state index in [-0.39, 0.29) is 0 Å². The first kappa shape index (κ1) is 18.9. The summed E-state index contributed by atoms with van der Waals surface area (Å²) in [7, 11) is -3.91. The Morgan fingerprint density at radius 2 is 1.55 bits per heavy atom. The molecular formula is C14H24BF4N. The molecule has 0 N–H and O–H groups in total. The first-order valence-electron chi connectivity index (χ1n) is 7.14. The number of rotatable bonds is 7. The maximum atomic E-state index is 9.75. The molecular weight excluding hydrogens is 269 g/mol. The minimum absolute atomic E-state index is 1.24. The number of halogens is 4. The van der Waals surface area contributed by atoms with E-state index in [1.165, 1.54) is 50.5 Å². The lowest BCUT2D eigenvalue weighted by Gasteiger charge is -2.00. The summed E-state index contributed by atoms with van der Waals surface area (Å²) in [5.74, 6) is 0. The second-order valence-corrected chi connectivity index (χ2v) is 4.89. The molecule has 0 aromatic carbocycles. The zero-order valence-corrected chi connectivity index (χ0v) is 12.3. The number of pyridine rings is 1. The topological polar surface area (TPSA) is 3.88 Å². The normalized spacial score (nSPS) is 10.9. The van der Waals surface area contributed by atoms with Crippen LogP contribution in [0.5, 0.6) is 0 Å². The molecule has 0 saturated carbocycles. The minimum atomic E-state index is -6.00. The lowest BCUT2D eigenvalue weighted by Crippen LogP contribution is -2.26. The SMILES string of the molecule is CCCCCCCCc1ccc[n+](C)c1.F[B-](F)(F)F. The fourth-order valence-electron chi connectivity index (χ4n) is 1.91. The Morgan fingerprint density at radius 1 is 1.00 bits per heavy atom. The van der Waals surface area contributed by atoms with Crippen LogP contribution in [0.3, 0.4) is 0 Å². The van der Waals surface area contributed by atoms with Gasteiger partial charge in [-0.3, -0.25) is 0 Å². The lowest BCUT2D eigenvalue weighted by atomic mass is 10.1. The van der Waals surface area contributed by atoms with Crippen LogP contribution in [0.25, 0.3) is 0 Å². The van der Waals surface area contributed by atoms with Crippen LogP contribution in [0, 0.1) is 0 Å². The molecule has 116 valence electrons. The Kier molecular flexibility index (Phi) is 10.1. The molecule has 0 radical (unpaired) electrons. The summed E-state index contributed by atoms with van der Waals surface area (Å²) in [5, 5.41) is 0. The molecule has 0 fully saturated rings. The Balaban J connectivity index is 0.000000621. The van der Waals surface area contributed by atoms with Gasteiger partial charge in [0, 0.05) is 11.6 Å². The number of hydrogen-bond acceptors (Lipinski definition) is 0. The van der Waals surface area contributed by atoms with Crippen molar-refractivity contribution in [3.05, 3.63) is 30.1 Å². The highest BCUT2D eigenvalue weighted by molar-refractivity contribution is 6.50. The molecule has 1 aromatic heterocycles. The monoisotopic (exact) mass is 293 g/mol. The van der Waals surface area contributed by atoms with Gasteiger partial charge < -0.3 is 17.3 Å². The summed E-state index contributed by atoms with van der Waals surface area (Å²) in [6, 6.07) is 4.36. The molecule has 1 rings (SSSR count). The third-order valence-electron chi connectivity index (χ3n) is 2.82. The van der Waals surface area contributed by atoms with E-state index < -0.39 is 7.25 Å². The van der Waals surface area contributed by atoms with Gasteiger partial charge in [0.05, 0.1) is 0 Å². The van der Waals surface area contributed by atoms with Crippen molar-refractivity contribution in [2.45, 2.75) is 51.9 Å².